The Kier molecular flexibility index (Phi) is 4.45. The number of carbonyl (C=O) groups is 1. The summed E-state index contributed by atoms with van der Waals surface area (Å²) < 4.78 is 1.87. The maximum atomic E-state index is 11.5. The molecule has 2 N–H and O–H groups in total. The number of nitrogens with zero attached hydrogens (tertiary/aromatic N) is 1. The predicted molar refractivity (Wildman–Crippen MR) is 79.3 cm³/mol. The minimum atomic E-state index is -0.910. The van der Waals surface area contributed by atoms with E-state index in [0.29, 0.717) is 12.1 Å². The molecule has 0 fully saturated rings. The highest BCUT2D eigenvalue weighted by Crippen LogP contribution is 2.28. The third-order valence-electron chi connectivity index (χ3n) is 3.69. The molecule has 108 valence electrons. The summed E-state index contributed by atoms with van der Waals surface area (Å²) in [6, 6.07) is 3.86. The first-order chi connectivity index (χ1) is 9.60. The number of aliphatic hydroxyl groups is 1. The van der Waals surface area contributed by atoms with Crippen LogP contribution in [0.3, 0.4) is 0 Å². The van der Waals surface area contributed by atoms with Crippen molar-refractivity contribution in [1.29, 1.82) is 0 Å². The summed E-state index contributed by atoms with van der Waals surface area (Å²) in [6.45, 7) is 4.38. The number of unbranched alkanes of at least 4 members (excludes halogenated alkanes) is 1. The molecule has 0 atom stereocenters. The first kappa shape index (κ1) is 14.6. The van der Waals surface area contributed by atoms with E-state index in [1.807, 2.05) is 29.8 Å². The minimum Gasteiger partial charge on any atom is -0.478 e. The number of aromatic carboxylic acids is 1. The minimum absolute atomic E-state index is 0.00397. The van der Waals surface area contributed by atoms with E-state index in [1.165, 1.54) is 0 Å². The zero-order chi connectivity index (χ0) is 14.7. The third-order valence-corrected chi connectivity index (χ3v) is 3.69. The van der Waals surface area contributed by atoms with Crippen molar-refractivity contribution < 1.29 is 15.0 Å². The molecule has 0 saturated heterocycles. The van der Waals surface area contributed by atoms with Crippen molar-refractivity contribution >= 4 is 16.9 Å². The van der Waals surface area contributed by atoms with Crippen LogP contribution < -0.4 is 0 Å². The molecule has 0 aliphatic heterocycles. The lowest BCUT2D eigenvalue weighted by molar-refractivity contribution is 0.0697. The van der Waals surface area contributed by atoms with E-state index in [1.54, 1.807) is 0 Å². The van der Waals surface area contributed by atoms with E-state index in [4.69, 9.17) is 0 Å². The molecule has 0 amide bonds. The van der Waals surface area contributed by atoms with Crippen LogP contribution in [0.4, 0.5) is 0 Å². The highest BCUT2D eigenvalue weighted by Gasteiger charge is 2.18. The van der Waals surface area contributed by atoms with E-state index in [0.717, 1.165) is 41.3 Å². The molecular formula is C16H21NO3. The molecule has 20 heavy (non-hydrogen) atoms. The second-order valence-electron chi connectivity index (χ2n) is 5.13. The number of hydrogen-bond acceptors (Lipinski definition) is 2. The number of aromatic nitrogens is 1. The standard InChI is InChI=1S/C16H21NO3/c1-3-4-5-12-10-17(8-9-18)15-13(12)7-6-11(2)14(15)16(19)20/h6-7,10,18H,3-5,8-9H2,1-2H3,(H,19,20). The lowest BCUT2D eigenvalue weighted by Gasteiger charge is -2.08. The first-order valence-corrected chi connectivity index (χ1v) is 7.05. The molecule has 0 aliphatic carbocycles. The number of aliphatic hydroxyl groups excluding tert-OH is 1. The summed E-state index contributed by atoms with van der Waals surface area (Å²) in [4.78, 5) is 11.5. The second-order valence-corrected chi connectivity index (χ2v) is 5.13. The summed E-state index contributed by atoms with van der Waals surface area (Å²) >= 11 is 0. The van der Waals surface area contributed by atoms with Gasteiger partial charge in [0.05, 0.1) is 17.7 Å². The van der Waals surface area contributed by atoms with Gasteiger partial charge in [0, 0.05) is 18.1 Å². The van der Waals surface area contributed by atoms with Crippen LogP contribution in [0.2, 0.25) is 0 Å². The average Bonchev–Trinajstić information content (AvgIpc) is 2.74. The van der Waals surface area contributed by atoms with Crippen molar-refractivity contribution in [1.82, 2.24) is 4.57 Å². The van der Waals surface area contributed by atoms with Gasteiger partial charge in [0.2, 0.25) is 0 Å². The van der Waals surface area contributed by atoms with Crippen molar-refractivity contribution in [3.05, 3.63) is 35.0 Å². The summed E-state index contributed by atoms with van der Waals surface area (Å²) in [5.74, 6) is -0.910. The molecule has 0 radical (unpaired) electrons. The van der Waals surface area contributed by atoms with E-state index < -0.39 is 5.97 Å². The van der Waals surface area contributed by atoms with Crippen molar-refractivity contribution in [2.75, 3.05) is 6.61 Å². The largest absolute Gasteiger partial charge is 0.478 e. The van der Waals surface area contributed by atoms with Gasteiger partial charge in [-0.15, -0.1) is 0 Å². The lowest BCUT2D eigenvalue weighted by Crippen LogP contribution is -2.07. The Morgan fingerprint density at radius 3 is 2.70 bits per heavy atom. The summed E-state index contributed by atoms with van der Waals surface area (Å²) in [5, 5.41) is 19.7. The normalized spacial score (nSPS) is 11.2. The van der Waals surface area contributed by atoms with Gasteiger partial charge in [0.1, 0.15) is 0 Å². The number of benzene rings is 1. The Balaban J connectivity index is 2.68. The molecule has 0 saturated carbocycles. The van der Waals surface area contributed by atoms with Crippen LogP contribution in [0.25, 0.3) is 10.9 Å². The van der Waals surface area contributed by atoms with Crippen LogP contribution in [0, 0.1) is 6.92 Å². The molecule has 1 aromatic heterocycles. The lowest BCUT2D eigenvalue weighted by atomic mass is 10.0. The van der Waals surface area contributed by atoms with Crippen LogP contribution in [-0.4, -0.2) is 27.4 Å². The zero-order valence-corrected chi connectivity index (χ0v) is 12.0. The molecule has 2 aromatic rings. The van der Waals surface area contributed by atoms with Crippen LogP contribution in [-0.2, 0) is 13.0 Å². The molecule has 4 nitrogen and oxygen atoms in total. The number of carboxylic acid groups (broad SMARTS) is 1. The quantitative estimate of drug-likeness (QED) is 0.852. The van der Waals surface area contributed by atoms with Gasteiger partial charge < -0.3 is 14.8 Å². The van der Waals surface area contributed by atoms with Crippen molar-refractivity contribution in [3.8, 4) is 0 Å². The third kappa shape index (κ3) is 2.56. The topological polar surface area (TPSA) is 62.5 Å². The van der Waals surface area contributed by atoms with E-state index in [2.05, 4.69) is 6.92 Å². The highest BCUT2D eigenvalue weighted by molar-refractivity contribution is 6.04. The number of fused-ring (bicyclic) bond motifs is 1. The summed E-state index contributed by atoms with van der Waals surface area (Å²) in [7, 11) is 0. The molecule has 4 heteroatoms. The van der Waals surface area contributed by atoms with Gasteiger partial charge in [-0.05, 0) is 30.9 Å². The molecule has 1 aromatic carbocycles. The second kappa shape index (κ2) is 6.09. The Morgan fingerprint density at radius 2 is 2.10 bits per heavy atom. The van der Waals surface area contributed by atoms with E-state index in [9.17, 15) is 15.0 Å². The fourth-order valence-corrected chi connectivity index (χ4v) is 2.69. The Labute approximate surface area is 118 Å². The first-order valence-electron chi connectivity index (χ1n) is 7.05. The number of carboxylic acids is 1. The van der Waals surface area contributed by atoms with Gasteiger partial charge in [0.15, 0.2) is 0 Å². The fourth-order valence-electron chi connectivity index (χ4n) is 2.69. The molecule has 0 aliphatic rings. The molecule has 2 rings (SSSR count). The number of hydrogen-bond donors (Lipinski definition) is 2. The van der Waals surface area contributed by atoms with Crippen LogP contribution in [0.15, 0.2) is 18.3 Å². The van der Waals surface area contributed by atoms with E-state index >= 15 is 0 Å². The molecular weight excluding hydrogens is 254 g/mol. The Hall–Kier alpha value is -1.81. The van der Waals surface area contributed by atoms with Crippen LogP contribution in [0.1, 0.15) is 41.3 Å². The maximum Gasteiger partial charge on any atom is 0.338 e. The molecule has 0 spiro atoms. The van der Waals surface area contributed by atoms with Gasteiger partial charge in [-0.3, -0.25) is 0 Å². The van der Waals surface area contributed by atoms with Crippen molar-refractivity contribution in [3.63, 3.8) is 0 Å². The van der Waals surface area contributed by atoms with E-state index in [-0.39, 0.29) is 6.61 Å². The van der Waals surface area contributed by atoms with Gasteiger partial charge in [-0.2, -0.15) is 0 Å². The molecule has 0 bridgehead atoms. The predicted octanol–water partition coefficient (Wildman–Crippen LogP) is 2.98. The van der Waals surface area contributed by atoms with Crippen molar-refractivity contribution in [2.24, 2.45) is 0 Å². The Bertz CT molecular complexity index is 628. The van der Waals surface area contributed by atoms with Crippen molar-refractivity contribution in [2.45, 2.75) is 39.7 Å². The zero-order valence-electron chi connectivity index (χ0n) is 12.0. The smallest absolute Gasteiger partial charge is 0.338 e. The monoisotopic (exact) mass is 275 g/mol. The molecule has 1 heterocycles. The fraction of sp³-hybridized carbons (Fsp3) is 0.438. The highest BCUT2D eigenvalue weighted by atomic mass is 16.4. The van der Waals surface area contributed by atoms with Crippen LogP contribution in [0.5, 0.6) is 0 Å². The molecule has 0 unspecified atom stereocenters. The van der Waals surface area contributed by atoms with Gasteiger partial charge >= 0.3 is 5.97 Å². The van der Waals surface area contributed by atoms with Crippen LogP contribution >= 0.6 is 0 Å². The summed E-state index contributed by atoms with van der Waals surface area (Å²) in [6.07, 6.45) is 5.11. The average molecular weight is 275 g/mol. The maximum absolute atomic E-state index is 11.5. The van der Waals surface area contributed by atoms with Gasteiger partial charge in [-0.25, -0.2) is 4.79 Å². The summed E-state index contributed by atoms with van der Waals surface area (Å²) in [5.41, 5.74) is 3.00. The Morgan fingerprint density at radius 1 is 1.35 bits per heavy atom. The van der Waals surface area contributed by atoms with Gasteiger partial charge in [-0.1, -0.05) is 25.5 Å². The van der Waals surface area contributed by atoms with Gasteiger partial charge in [0.25, 0.3) is 0 Å². The number of rotatable bonds is 6. The number of aryl methyl sites for hydroxylation is 2. The SMILES string of the molecule is CCCCc1cn(CCO)c2c(C(=O)O)c(C)ccc12.